The van der Waals surface area contributed by atoms with Crippen LogP contribution in [0.1, 0.15) is 12.8 Å². The van der Waals surface area contributed by atoms with E-state index in [1.165, 1.54) is 6.33 Å². The Labute approximate surface area is 90.7 Å². The predicted molar refractivity (Wildman–Crippen MR) is 57.0 cm³/mol. The number of aromatic amines is 1. The summed E-state index contributed by atoms with van der Waals surface area (Å²) >= 11 is 0. The first kappa shape index (κ1) is 10.5. The summed E-state index contributed by atoms with van der Waals surface area (Å²) in [5.74, 6) is -0.731. The number of hydrogen-bond donors (Lipinski definition) is 4. The maximum Gasteiger partial charge on any atom is 0.326 e. The first-order valence-electron chi connectivity index (χ1n) is 4.92. The molecule has 0 aliphatic heterocycles. The maximum atomic E-state index is 11.2. The molecule has 0 radical (unpaired) electrons. The average molecular weight is 224 g/mol. The predicted octanol–water partition coefficient (Wildman–Crippen LogP) is -0.373. The Kier molecular flexibility index (Phi) is 2.51. The highest BCUT2D eigenvalue weighted by molar-refractivity contribution is 5.79. The van der Waals surface area contributed by atoms with Gasteiger partial charge in [0, 0.05) is 0 Å². The Morgan fingerprint density at radius 2 is 2.38 bits per heavy atom. The number of H-pyrrole nitrogens is 1. The van der Waals surface area contributed by atoms with E-state index in [9.17, 15) is 9.59 Å². The van der Waals surface area contributed by atoms with Gasteiger partial charge in [0.15, 0.2) is 5.82 Å². The third kappa shape index (κ3) is 1.97. The molecule has 16 heavy (non-hydrogen) atoms. The second-order valence-corrected chi connectivity index (χ2v) is 3.79. The number of hydrogen-bond acceptors (Lipinski definition) is 5. The van der Waals surface area contributed by atoms with Crippen molar-refractivity contribution in [2.45, 2.75) is 18.9 Å². The minimum Gasteiger partial charge on any atom is -0.480 e. The van der Waals surface area contributed by atoms with Crippen LogP contribution in [-0.4, -0.2) is 27.1 Å². The summed E-state index contributed by atoms with van der Waals surface area (Å²) in [5.41, 5.74) is 4.93. The van der Waals surface area contributed by atoms with E-state index >= 15 is 0 Å². The van der Waals surface area contributed by atoms with Crippen LogP contribution < -0.4 is 16.6 Å². The minimum absolute atomic E-state index is 0.0885. The summed E-state index contributed by atoms with van der Waals surface area (Å²) in [6.07, 6.45) is 2.92. The van der Waals surface area contributed by atoms with Gasteiger partial charge in [-0.15, -0.1) is 0 Å². The largest absolute Gasteiger partial charge is 0.480 e. The zero-order chi connectivity index (χ0) is 11.7. The highest BCUT2D eigenvalue weighted by Gasteiger charge is 2.36. The van der Waals surface area contributed by atoms with E-state index in [1.807, 2.05) is 0 Å². The number of rotatable bonds is 4. The molecule has 1 aromatic rings. The smallest absolute Gasteiger partial charge is 0.326 e. The summed E-state index contributed by atoms with van der Waals surface area (Å²) < 4.78 is 0. The van der Waals surface area contributed by atoms with E-state index in [-0.39, 0.29) is 17.4 Å². The molecule has 0 aromatic carbocycles. The molecular weight excluding hydrogens is 212 g/mol. The second-order valence-electron chi connectivity index (χ2n) is 3.79. The van der Waals surface area contributed by atoms with Gasteiger partial charge in [0.2, 0.25) is 0 Å². The molecular formula is C9H12N4O3. The topological polar surface area (TPSA) is 121 Å². The number of nitrogens with two attached hydrogens (primary N) is 1. The second kappa shape index (κ2) is 3.84. The van der Waals surface area contributed by atoms with Gasteiger partial charge < -0.3 is 21.1 Å². The zero-order valence-electron chi connectivity index (χ0n) is 8.43. The Bertz CT molecular complexity index is 466. The van der Waals surface area contributed by atoms with E-state index < -0.39 is 17.6 Å². The molecule has 0 amide bonds. The van der Waals surface area contributed by atoms with Crippen LogP contribution >= 0.6 is 0 Å². The number of carboxylic acid groups (broad SMARTS) is 1. The Morgan fingerprint density at radius 1 is 1.69 bits per heavy atom. The number of aliphatic carboxylic acids is 1. The molecule has 0 spiro atoms. The van der Waals surface area contributed by atoms with E-state index in [1.54, 1.807) is 0 Å². The van der Waals surface area contributed by atoms with Crippen molar-refractivity contribution < 1.29 is 9.90 Å². The van der Waals surface area contributed by atoms with Crippen LogP contribution in [0.25, 0.3) is 0 Å². The molecule has 2 rings (SSSR count). The Balaban J connectivity index is 2.21. The highest BCUT2D eigenvalue weighted by Crippen LogP contribution is 2.34. The van der Waals surface area contributed by atoms with Crippen molar-refractivity contribution in [3.8, 4) is 0 Å². The fourth-order valence-corrected chi connectivity index (χ4v) is 1.48. The average Bonchev–Trinajstić information content (AvgIpc) is 3.03. The van der Waals surface area contributed by atoms with Gasteiger partial charge in [-0.1, -0.05) is 0 Å². The van der Waals surface area contributed by atoms with Crippen LogP contribution in [0.2, 0.25) is 0 Å². The van der Waals surface area contributed by atoms with Gasteiger partial charge >= 0.3 is 5.97 Å². The lowest BCUT2D eigenvalue weighted by atomic mass is 10.2. The Morgan fingerprint density at radius 3 is 2.94 bits per heavy atom. The number of carboxylic acids is 1. The lowest BCUT2D eigenvalue weighted by Gasteiger charge is -2.14. The minimum atomic E-state index is -0.955. The normalized spacial score (nSPS) is 16.8. The quantitative estimate of drug-likeness (QED) is 0.553. The molecule has 1 aromatic heterocycles. The molecule has 7 heteroatoms. The van der Waals surface area contributed by atoms with Crippen molar-refractivity contribution in [2.75, 3.05) is 11.1 Å². The van der Waals surface area contributed by atoms with Gasteiger partial charge in [-0.3, -0.25) is 4.79 Å². The highest BCUT2D eigenvalue weighted by atomic mass is 16.4. The zero-order valence-corrected chi connectivity index (χ0v) is 8.43. The number of nitrogen functional groups attached to an aromatic ring is 1. The van der Waals surface area contributed by atoms with Gasteiger partial charge in [-0.25, -0.2) is 9.78 Å². The lowest BCUT2D eigenvalue weighted by Crippen LogP contribution is -2.33. The van der Waals surface area contributed by atoms with Crippen LogP contribution in [0.5, 0.6) is 0 Å². The Hall–Kier alpha value is -2.05. The van der Waals surface area contributed by atoms with Crippen LogP contribution in [0, 0.1) is 5.92 Å². The summed E-state index contributed by atoms with van der Waals surface area (Å²) in [4.78, 5) is 28.3. The molecule has 1 heterocycles. The van der Waals surface area contributed by atoms with E-state index in [0.29, 0.717) is 0 Å². The first-order chi connectivity index (χ1) is 7.59. The molecule has 86 valence electrons. The lowest BCUT2D eigenvalue weighted by molar-refractivity contribution is -0.138. The molecule has 0 bridgehead atoms. The number of nitrogens with zero attached hydrogens (tertiary/aromatic N) is 1. The number of nitrogens with one attached hydrogen (secondary N) is 2. The van der Waals surface area contributed by atoms with Gasteiger partial charge in [-0.05, 0) is 18.8 Å². The first-order valence-corrected chi connectivity index (χ1v) is 4.92. The van der Waals surface area contributed by atoms with Crippen molar-refractivity contribution in [3.63, 3.8) is 0 Å². The van der Waals surface area contributed by atoms with E-state index in [4.69, 9.17) is 10.8 Å². The summed E-state index contributed by atoms with van der Waals surface area (Å²) in [7, 11) is 0. The number of anilines is 2. The standard InChI is InChI=1S/C9H12N4O3/c10-5-7(11-3-12-8(5)14)13-6(9(15)16)4-1-2-4/h3-4,6H,1-2,10H2,(H,15,16)(H2,11,12,13,14). The van der Waals surface area contributed by atoms with Gasteiger partial charge in [0.05, 0.1) is 6.33 Å². The third-order valence-electron chi connectivity index (χ3n) is 2.54. The molecule has 1 atom stereocenters. The molecule has 0 saturated heterocycles. The number of aromatic nitrogens is 2. The van der Waals surface area contributed by atoms with Crippen molar-refractivity contribution in [1.29, 1.82) is 0 Å². The molecule has 1 unspecified atom stereocenters. The van der Waals surface area contributed by atoms with Crippen LogP contribution in [0.3, 0.4) is 0 Å². The molecule has 1 aliphatic carbocycles. The third-order valence-corrected chi connectivity index (χ3v) is 2.54. The van der Waals surface area contributed by atoms with Gasteiger partial charge in [0.1, 0.15) is 11.7 Å². The van der Waals surface area contributed by atoms with Gasteiger partial charge in [0.25, 0.3) is 5.56 Å². The van der Waals surface area contributed by atoms with E-state index in [0.717, 1.165) is 12.8 Å². The van der Waals surface area contributed by atoms with Crippen LogP contribution in [-0.2, 0) is 4.79 Å². The summed E-state index contributed by atoms with van der Waals surface area (Å²) in [6.45, 7) is 0. The van der Waals surface area contributed by atoms with Gasteiger partial charge in [-0.2, -0.15) is 0 Å². The fraction of sp³-hybridized carbons (Fsp3) is 0.444. The molecule has 5 N–H and O–H groups in total. The van der Waals surface area contributed by atoms with Crippen LogP contribution in [0.4, 0.5) is 11.5 Å². The van der Waals surface area contributed by atoms with E-state index in [2.05, 4.69) is 15.3 Å². The molecule has 1 fully saturated rings. The number of carbonyl (C=O) groups is 1. The van der Waals surface area contributed by atoms with Crippen molar-refractivity contribution in [3.05, 3.63) is 16.7 Å². The molecule has 1 aliphatic rings. The summed E-state index contributed by atoms with van der Waals surface area (Å²) in [6, 6.07) is -0.725. The van der Waals surface area contributed by atoms with Crippen LogP contribution in [0.15, 0.2) is 11.1 Å². The monoisotopic (exact) mass is 224 g/mol. The summed E-state index contributed by atoms with van der Waals surface area (Å²) in [5, 5.41) is 11.7. The fourth-order valence-electron chi connectivity index (χ4n) is 1.48. The SMILES string of the molecule is Nc1c(NC(C(=O)O)C2CC2)nc[nH]c1=O. The molecule has 1 saturated carbocycles. The van der Waals surface area contributed by atoms with Crippen molar-refractivity contribution in [2.24, 2.45) is 5.92 Å². The maximum absolute atomic E-state index is 11.2. The molecule has 7 nitrogen and oxygen atoms in total. The van der Waals surface area contributed by atoms with Crippen molar-refractivity contribution >= 4 is 17.5 Å². The van der Waals surface area contributed by atoms with Crippen molar-refractivity contribution in [1.82, 2.24) is 9.97 Å².